The molecular weight excluding hydrogens is 370 g/mol. The smallest absolute Gasteiger partial charge is 0.335 e. The monoisotopic (exact) mass is 381 g/mol. The fourth-order valence-electron chi connectivity index (χ4n) is 2.85. The number of anilines is 1. The van der Waals surface area contributed by atoms with E-state index in [0.717, 1.165) is 11.0 Å². The molecule has 0 bridgehead atoms. The highest BCUT2D eigenvalue weighted by Crippen LogP contribution is 2.36. The highest BCUT2D eigenvalue weighted by atomic mass is 16.7. The minimum atomic E-state index is -0.940. The summed E-state index contributed by atoms with van der Waals surface area (Å²) in [5.74, 6) is -1.05. The second-order valence-electron chi connectivity index (χ2n) is 5.81. The zero-order valence-corrected chi connectivity index (χ0v) is 14.1. The summed E-state index contributed by atoms with van der Waals surface area (Å²) in [6, 6.07) is 9.12. The van der Waals surface area contributed by atoms with Gasteiger partial charge in [0, 0.05) is 12.1 Å². The summed E-state index contributed by atoms with van der Waals surface area (Å²) in [7, 11) is 0. The molecule has 2 aromatic rings. The molecule has 0 radical (unpaired) electrons. The van der Waals surface area contributed by atoms with Crippen LogP contribution in [0, 0.1) is 10.1 Å². The maximum absolute atomic E-state index is 12.9. The third-order valence-electron chi connectivity index (χ3n) is 4.15. The first-order valence-electron chi connectivity index (χ1n) is 8.00. The summed E-state index contributed by atoms with van der Waals surface area (Å²) in [6.07, 6.45) is 1.09. The van der Waals surface area contributed by atoms with Crippen LogP contribution < -0.4 is 19.7 Å². The van der Waals surface area contributed by atoms with E-state index in [1.807, 2.05) is 0 Å². The third-order valence-corrected chi connectivity index (χ3v) is 4.15. The largest absolute Gasteiger partial charge is 0.454 e. The highest BCUT2D eigenvalue weighted by molar-refractivity contribution is 6.39. The molecule has 0 aliphatic carbocycles. The van der Waals surface area contributed by atoms with E-state index in [0.29, 0.717) is 11.5 Å². The Kier molecular flexibility index (Phi) is 4.00. The standard InChI is InChI=1S/C18H11N3O7/c22-16-12(7-10-3-1-2-4-13(10)21(25)26)17(23)20(18(24)19-16)11-5-6-14-15(8-11)28-9-27-14/h1-8H,9H2,(H,19,22,24)/b12-7+. The predicted molar refractivity (Wildman–Crippen MR) is 94.7 cm³/mol. The molecule has 2 aromatic carbocycles. The first-order chi connectivity index (χ1) is 13.5. The molecule has 2 aliphatic rings. The van der Waals surface area contributed by atoms with Crippen LogP contribution in [0.15, 0.2) is 48.0 Å². The molecule has 0 saturated carbocycles. The number of nitrogens with zero attached hydrogens (tertiary/aromatic N) is 2. The number of imide groups is 2. The van der Waals surface area contributed by atoms with Gasteiger partial charge in [0.15, 0.2) is 11.5 Å². The number of fused-ring (bicyclic) bond motifs is 1. The van der Waals surface area contributed by atoms with Gasteiger partial charge < -0.3 is 9.47 Å². The van der Waals surface area contributed by atoms with Crippen LogP contribution in [0.4, 0.5) is 16.2 Å². The summed E-state index contributed by atoms with van der Waals surface area (Å²) >= 11 is 0. The average molecular weight is 381 g/mol. The van der Waals surface area contributed by atoms with Gasteiger partial charge >= 0.3 is 6.03 Å². The molecule has 4 rings (SSSR count). The second kappa shape index (κ2) is 6.50. The summed E-state index contributed by atoms with van der Waals surface area (Å²) in [5, 5.41) is 13.2. The zero-order chi connectivity index (χ0) is 19.8. The van der Waals surface area contributed by atoms with Gasteiger partial charge in [0.1, 0.15) is 5.57 Å². The quantitative estimate of drug-likeness (QED) is 0.373. The van der Waals surface area contributed by atoms with E-state index in [-0.39, 0.29) is 23.7 Å². The fraction of sp³-hybridized carbons (Fsp3) is 0.0556. The summed E-state index contributed by atoms with van der Waals surface area (Å²) < 4.78 is 10.4. The van der Waals surface area contributed by atoms with Crippen LogP contribution in [0.25, 0.3) is 6.08 Å². The molecule has 0 spiro atoms. The van der Waals surface area contributed by atoms with Crippen molar-refractivity contribution < 1.29 is 28.8 Å². The van der Waals surface area contributed by atoms with Gasteiger partial charge in [0.2, 0.25) is 6.79 Å². The number of barbiturate groups is 1. The van der Waals surface area contributed by atoms with Crippen molar-refractivity contribution in [3.8, 4) is 11.5 Å². The molecule has 0 aromatic heterocycles. The third kappa shape index (κ3) is 2.82. The SMILES string of the molecule is O=C1NC(=O)N(c2ccc3c(c2)OCO3)C(=O)/C1=C/c1ccccc1[N+](=O)[O-]. The van der Waals surface area contributed by atoms with E-state index < -0.39 is 28.3 Å². The average Bonchev–Trinajstić information content (AvgIpc) is 3.13. The van der Waals surface area contributed by atoms with Crippen molar-refractivity contribution in [2.45, 2.75) is 0 Å². The predicted octanol–water partition coefficient (Wildman–Crippen LogP) is 1.99. The van der Waals surface area contributed by atoms with Gasteiger partial charge in [0.25, 0.3) is 17.5 Å². The Balaban J connectivity index is 1.76. The summed E-state index contributed by atoms with van der Waals surface area (Å²) in [6.45, 7) is 0.0141. The van der Waals surface area contributed by atoms with E-state index in [9.17, 15) is 24.5 Å². The number of nitro benzene ring substituents is 1. The lowest BCUT2D eigenvalue weighted by molar-refractivity contribution is -0.385. The summed E-state index contributed by atoms with van der Waals surface area (Å²) in [5.41, 5.74) is -0.465. The van der Waals surface area contributed by atoms with Crippen molar-refractivity contribution in [1.29, 1.82) is 0 Å². The molecule has 140 valence electrons. The van der Waals surface area contributed by atoms with Crippen molar-refractivity contribution in [3.05, 3.63) is 63.7 Å². The molecular formula is C18H11N3O7. The lowest BCUT2D eigenvalue weighted by Gasteiger charge is -2.26. The number of nitro groups is 1. The van der Waals surface area contributed by atoms with Gasteiger partial charge in [0.05, 0.1) is 16.2 Å². The van der Waals surface area contributed by atoms with Gasteiger partial charge in [-0.15, -0.1) is 0 Å². The number of rotatable bonds is 3. The topological polar surface area (TPSA) is 128 Å². The molecule has 0 atom stereocenters. The van der Waals surface area contributed by atoms with E-state index in [1.54, 1.807) is 0 Å². The second-order valence-corrected chi connectivity index (χ2v) is 5.81. The van der Waals surface area contributed by atoms with Gasteiger partial charge in [-0.1, -0.05) is 12.1 Å². The van der Waals surface area contributed by atoms with E-state index in [4.69, 9.17) is 9.47 Å². The molecule has 10 heteroatoms. The Bertz CT molecular complexity index is 1080. The normalized spacial score (nSPS) is 17.1. The van der Waals surface area contributed by atoms with E-state index in [2.05, 4.69) is 5.32 Å². The minimum absolute atomic E-state index is 0.0141. The number of carbonyl (C=O) groups is 3. The molecule has 1 N–H and O–H groups in total. The van der Waals surface area contributed by atoms with Crippen LogP contribution in [0.2, 0.25) is 0 Å². The number of benzene rings is 2. The van der Waals surface area contributed by atoms with Gasteiger partial charge in [-0.05, 0) is 24.3 Å². The van der Waals surface area contributed by atoms with Crippen LogP contribution in [-0.2, 0) is 9.59 Å². The Morgan fingerprint density at radius 3 is 2.61 bits per heavy atom. The molecule has 0 unspecified atom stereocenters. The molecule has 28 heavy (non-hydrogen) atoms. The maximum Gasteiger partial charge on any atom is 0.335 e. The van der Waals surface area contributed by atoms with Crippen LogP contribution in [0.3, 0.4) is 0 Å². The van der Waals surface area contributed by atoms with Crippen molar-refractivity contribution in [1.82, 2.24) is 5.32 Å². The Morgan fingerprint density at radius 1 is 1.07 bits per heavy atom. The highest BCUT2D eigenvalue weighted by Gasteiger charge is 2.37. The molecule has 2 aliphatic heterocycles. The number of hydrogen-bond donors (Lipinski definition) is 1. The molecule has 1 saturated heterocycles. The number of amides is 4. The summed E-state index contributed by atoms with van der Waals surface area (Å²) in [4.78, 5) is 48.6. The number of urea groups is 1. The van der Waals surface area contributed by atoms with Gasteiger partial charge in [-0.3, -0.25) is 25.0 Å². The molecule has 10 nitrogen and oxygen atoms in total. The lowest BCUT2D eigenvalue weighted by Crippen LogP contribution is -2.54. The van der Waals surface area contributed by atoms with Crippen LogP contribution in [0.1, 0.15) is 5.56 Å². The van der Waals surface area contributed by atoms with E-state index >= 15 is 0 Å². The number of para-hydroxylation sites is 1. The van der Waals surface area contributed by atoms with Crippen molar-refractivity contribution >= 4 is 35.3 Å². The number of ether oxygens (including phenoxy) is 2. The maximum atomic E-state index is 12.9. The first-order valence-corrected chi connectivity index (χ1v) is 8.00. The van der Waals surface area contributed by atoms with Crippen molar-refractivity contribution in [3.63, 3.8) is 0 Å². The number of nitrogens with one attached hydrogen (secondary N) is 1. The van der Waals surface area contributed by atoms with Crippen molar-refractivity contribution in [2.75, 3.05) is 11.7 Å². The molecule has 1 fully saturated rings. The molecule has 4 amide bonds. The zero-order valence-electron chi connectivity index (χ0n) is 14.1. The Hall–Kier alpha value is -4.21. The lowest BCUT2D eigenvalue weighted by atomic mass is 10.1. The van der Waals surface area contributed by atoms with E-state index in [1.165, 1.54) is 42.5 Å². The number of carbonyl (C=O) groups excluding carboxylic acids is 3. The van der Waals surface area contributed by atoms with Crippen LogP contribution in [-0.4, -0.2) is 29.6 Å². The molecule has 2 heterocycles. The van der Waals surface area contributed by atoms with Crippen LogP contribution in [0.5, 0.6) is 11.5 Å². The fourth-order valence-corrected chi connectivity index (χ4v) is 2.85. The Labute approximate surface area is 157 Å². The van der Waals surface area contributed by atoms with Gasteiger partial charge in [-0.25, -0.2) is 9.69 Å². The Morgan fingerprint density at radius 2 is 1.82 bits per heavy atom. The van der Waals surface area contributed by atoms with Crippen LogP contribution >= 0.6 is 0 Å². The first kappa shape index (κ1) is 17.2. The van der Waals surface area contributed by atoms with Crippen molar-refractivity contribution in [2.24, 2.45) is 0 Å². The minimum Gasteiger partial charge on any atom is -0.454 e. The number of hydrogen-bond acceptors (Lipinski definition) is 7. The van der Waals surface area contributed by atoms with Gasteiger partial charge in [-0.2, -0.15) is 0 Å².